The fourth-order valence-electron chi connectivity index (χ4n) is 6.42. The fourth-order valence-corrected chi connectivity index (χ4v) is 7.14. The molecule has 0 fully saturated rings. The van der Waals surface area contributed by atoms with Crippen LogP contribution in [-0.4, -0.2) is 68.5 Å². The molecule has 0 radical (unpaired) electrons. The Balaban J connectivity index is 4.29. The third-order valence-electron chi connectivity index (χ3n) is 10.1. The highest BCUT2D eigenvalue weighted by Crippen LogP contribution is 2.38. The van der Waals surface area contributed by atoms with Crippen LogP contribution in [0.25, 0.3) is 0 Å². The van der Waals surface area contributed by atoms with Gasteiger partial charge in [-0.2, -0.15) is 0 Å². The highest BCUT2D eigenvalue weighted by molar-refractivity contribution is 7.45. The van der Waals surface area contributed by atoms with Crippen molar-refractivity contribution in [3.05, 3.63) is 36.5 Å². The standard InChI is InChI=1S/C46H89N2O6P/c1-6-8-10-12-14-16-17-18-19-20-21-22-23-24-25-26-27-28-29-30-31-32-33-35-37-39-45(49)44(43-54-55(51,52)53-42-41-48(3,4)5)47-46(50)40-38-36-34-15-13-11-9-7-2/h27-28,31-32,37,39,44-45,49H,6-26,29-30,33-36,38,40-43H2,1-5H3,(H-,47,50,51,52)/b28-27+,32-31+,39-37+. The van der Waals surface area contributed by atoms with Crippen LogP contribution in [0.3, 0.4) is 0 Å². The summed E-state index contributed by atoms with van der Waals surface area (Å²) in [4.78, 5) is 25.1. The van der Waals surface area contributed by atoms with Crippen molar-refractivity contribution in [2.75, 3.05) is 40.9 Å². The highest BCUT2D eigenvalue weighted by atomic mass is 31.2. The predicted octanol–water partition coefficient (Wildman–Crippen LogP) is 12.1. The Morgan fingerprint density at radius 3 is 1.47 bits per heavy atom. The fraction of sp³-hybridized carbons (Fsp3) is 0.848. The third kappa shape index (κ3) is 40.7. The van der Waals surface area contributed by atoms with E-state index in [1.54, 1.807) is 6.08 Å². The maximum absolute atomic E-state index is 12.7. The minimum absolute atomic E-state index is 0.00836. The van der Waals surface area contributed by atoms with Crippen molar-refractivity contribution in [1.29, 1.82) is 0 Å². The summed E-state index contributed by atoms with van der Waals surface area (Å²) in [6.07, 6.45) is 46.5. The Labute approximate surface area is 340 Å². The maximum Gasteiger partial charge on any atom is 0.268 e. The van der Waals surface area contributed by atoms with Gasteiger partial charge in [-0.1, -0.05) is 185 Å². The Bertz CT molecular complexity index is 995. The molecule has 2 N–H and O–H groups in total. The van der Waals surface area contributed by atoms with E-state index in [0.717, 1.165) is 44.9 Å². The molecule has 0 saturated heterocycles. The third-order valence-corrected chi connectivity index (χ3v) is 11.0. The van der Waals surface area contributed by atoms with Crippen LogP contribution in [0.15, 0.2) is 36.5 Å². The van der Waals surface area contributed by atoms with Crippen molar-refractivity contribution in [1.82, 2.24) is 5.32 Å². The number of nitrogens with zero attached hydrogens (tertiary/aromatic N) is 1. The first-order valence-electron chi connectivity index (χ1n) is 22.9. The van der Waals surface area contributed by atoms with Gasteiger partial charge in [0, 0.05) is 6.42 Å². The SMILES string of the molecule is CCCCCCCCCCCCCCCCC/C=C/CC/C=C/CC/C=C/C(O)C(COP(=O)([O-])OCC[N+](C)(C)C)NC(=O)CCCCCCCCCC. The van der Waals surface area contributed by atoms with E-state index >= 15 is 0 Å². The van der Waals surface area contributed by atoms with E-state index in [9.17, 15) is 19.4 Å². The molecule has 0 spiro atoms. The Morgan fingerprint density at radius 1 is 0.618 bits per heavy atom. The molecule has 0 heterocycles. The van der Waals surface area contributed by atoms with E-state index in [1.165, 1.54) is 135 Å². The number of rotatable bonds is 41. The van der Waals surface area contributed by atoms with Gasteiger partial charge in [0.25, 0.3) is 7.82 Å². The lowest BCUT2D eigenvalue weighted by atomic mass is 10.0. The molecule has 9 heteroatoms. The van der Waals surface area contributed by atoms with Gasteiger partial charge in [-0.05, 0) is 44.9 Å². The zero-order chi connectivity index (χ0) is 40.7. The summed E-state index contributed by atoms with van der Waals surface area (Å²) in [6.45, 7) is 4.58. The lowest BCUT2D eigenvalue weighted by Gasteiger charge is -2.29. The molecule has 3 atom stereocenters. The summed E-state index contributed by atoms with van der Waals surface area (Å²) in [7, 11) is 1.23. The Hall–Kier alpha value is -1.28. The Kier molecular flexibility index (Phi) is 37.4. The molecule has 0 aliphatic heterocycles. The van der Waals surface area contributed by atoms with Gasteiger partial charge < -0.3 is 28.8 Å². The predicted molar refractivity (Wildman–Crippen MR) is 233 cm³/mol. The van der Waals surface area contributed by atoms with Crippen molar-refractivity contribution in [2.24, 2.45) is 0 Å². The number of nitrogens with one attached hydrogen (secondary N) is 1. The number of amides is 1. The summed E-state index contributed by atoms with van der Waals surface area (Å²) in [5, 5.41) is 13.7. The largest absolute Gasteiger partial charge is 0.756 e. The van der Waals surface area contributed by atoms with Crippen molar-refractivity contribution in [3.8, 4) is 0 Å². The van der Waals surface area contributed by atoms with Gasteiger partial charge in [-0.3, -0.25) is 9.36 Å². The number of unbranched alkanes of at least 4 members (excludes halogenated alkanes) is 24. The summed E-state index contributed by atoms with van der Waals surface area (Å²) in [5.74, 6) is -0.217. The molecule has 1 amide bonds. The topological polar surface area (TPSA) is 108 Å². The van der Waals surface area contributed by atoms with Crippen LogP contribution in [0.2, 0.25) is 0 Å². The second kappa shape index (κ2) is 38.2. The smallest absolute Gasteiger partial charge is 0.268 e. The quantitative estimate of drug-likeness (QED) is 0.0276. The van der Waals surface area contributed by atoms with Crippen molar-refractivity contribution >= 4 is 13.7 Å². The van der Waals surface area contributed by atoms with Gasteiger partial charge in [0.2, 0.25) is 5.91 Å². The van der Waals surface area contributed by atoms with Crippen molar-refractivity contribution < 1.29 is 32.9 Å². The van der Waals surface area contributed by atoms with E-state index in [4.69, 9.17) is 9.05 Å². The number of carbonyl (C=O) groups is 1. The number of phosphoric acid groups is 1. The van der Waals surface area contributed by atoms with Crippen LogP contribution in [0.1, 0.15) is 200 Å². The number of hydrogen-bond donors (Lipinski definition) is 2. The van der Waals surface area contributed by atoms with E-state index in [0.29, 0.717) is 17.4 Å². The lowest BCUT2D eigenvalue weighted by molar-refractivity contribution is -0.870. The van der Waals surface area contributed by atoms with Gasteiger partial charge in [0.05, 0.1) is 39.9 Å². The van der Waals surface area contributed by atoms with Crippen molar-refractivity contribution in [3.63, 3.8) is 0 Å². The van der Waals surface area contributed by atoms with E-state index < -0.39 is 26.6 Å². The zero-order valence-corrected chi connectivity index (χ0v) is 37.5. The summed E-state index contributed by atoms with van der Waals surface area (Å²) < 4.78 is 23.1. The van der Waals surface area contributed by atoms with E-state index in [-0.39, 0.29) is 12.5 Å². The van der Waals surface area contributed by atoms with Crippen LogP contribution >= 0.6 is 7.82 Å². The average molecular weight is 797 g/mol. The first kappa shape index (κ1) is 53.7. The maximum atomic E-state index is 12.7. The number of carbonyl (C=O) groups excluding carboxylic acids is 1. The molecule has 55 heavy (non-hydrogen) atoms. The van der Waals surface area contributed by atoms with Gasteiger partial charge in [0.15, 0.2) is 0 Å². The second-order valence-corrected chi connectivity index (χ2v) is 18.2. The molecule has 3 unspecified atom stereocenters. The molecule has 0 aromatic heterocycles. The molecule has 0 saturated carbocycles. The summed E-state index contributed by atoms with van der Waals surface area (Å²) in [5.41, 5.74) is 0. The minimum atomic E-state index is -4.59. The molecule has 8 nitrogen and oxygen atoms in total. The molecule has 0 rings (SSSR count). The van der Waals surface area contributed by atoms with Crippen molar-refractivity contribution in [2.45, 2.75) is 212 Å². The molecular formula is C46H89N2O6P. The number of quaternary nitrogens is 1. The number of allylic oxidation sites excluding steroid dienone is 5. The molecule has 0 bridgehead atoms. The lowest BCUT2D eigenvalue weighted by Crippen LogP contribution is -2.45. The first-order chi connectivity index (χ1) is 26.5. The van der Waals surface area contributed by atoms with Gasteiger partial charge in [-0.15, -0.1) is 0 Å². The normalized spacial score (nSPS) is 14.7. The van der Waals surface area contributed by atoms with Gasteiger partial charge in [0.1, 0.15) is 13.2 Å². The number of phosphoric ester groups is 1. The average Bonchev–Trinajstić information content (AvgIpc) is 3.13. The van der Waals surface area contributed by atoms with E-state index in [2.05, 4.69) is 43.5 Å². The molecule has 324 valence electrons. The molecular weight excluding hydrogens is 707 g/mol. The second-order valence-electron chi connectivity index (χ2n) is 16.7. The molecule has 0 aromatic rings. The van der Waals surface area contributed by atoms with Crippen LogP contribution in [0.5, 0.6) is 0 Å². The highest BCUT2D eigenvalue weighted by Gasteiger charge is 2.23. The van der Waals surface area contributed by atoms with Crippen LogP contribution in [0, 0.1) is 0 Å². The van der Waals surface area contributed by atoms with Crippen LogP contribution < -0.4 is 10.2 Å². The monoisotopic (exact) mass is 797 g/mol. The number of hydrogen-bond acceptors (Lipinski definition) is 6. The first-order valence-corrected chi connectivity index (χ1v) is 24.3. The van der Waals surface area contributed by atoms with Gasteiger partial charge >= 0.3 is 0 Å². The minimum Gasteiger partial charge on any atom is -0.756 e. The number of aliphatic hydroxyl groups is 1. The molecule has 0 aliphatic rings. The zero-order valence-electron chi connectivity index (χ0n) is 36.6. The number of aliphatic hydroxyl groups excluding tert-OH is 1. The summed E-state index contributed by atoms with van der Waals surface area (Å²) in [6, 6.07) is -0.904. The molecule has 0 aliphatic carbocycles. The van der Waals surface area contributed by atoms with Crippen LogP contribution in [-0.2, 0) is 18.4 Å². The molecule has 0 aromatic carbocycles. The Morgan fingerprint density at radius 2 is 1.02 bits per heavy atom. The van der Waals surface area contributed by atoms with Gasteiger partial charge in [-0.25, -0.2) is 0 Å². The van der Waals surface area contributed by atoms with E-state index in [1.807, 2.05) is 27.2 Å². The van der Waals surface area contributed by atoms with Crippen LogP contribution in [0.4, 0.5) is 0 Å². The summed E-state index contributed by atoms with van der Waals surface area (Å²) >= 11 is 0. The number of likely N-dealkylation sites (N-methyl/N-ethyl adjacent to an activating group) is 1.